The number of carbonyl (C=O) groups is 1. The Labute approximate surface area is 171 Å². The van der Waals surface area contributed by atoms with Crippen molar-refractivity contribution in [1.29, 1.82) is 0 Å². The van der Waals surface area contributed by atoms with Gasteiger partial charge in [0.25, 0.3) is 0 Å². The van der Waals surface area contributed by atoms with E-state index in [1.54, 1.807) is 26.1 Å². The van der Waals surface area contributed by atoms with E-state index in [1.807, 2.05) is 4.90 Å². The van der Waals surface area contributed by atoms with Crippen molar-refractivity contribution < 1.29 is 17.9 Å². The highest BCUT2D eigenvalue weighted by Gasteiger charge is 2.28. The molecule has 1 heterocycles. The number of sulfonamides is 1. The minimum Gasteiger partial charge on any atom is -0.466 e. The van der Waals surface area contributed by atoms with E-state index in [9.17, 15) is 13.2 Å². The van der Waals surface area contributed by atoms with Gasteiger partial charge < -0.3 is 15.0 Å². The molecule has 1 aliphatic rings. The number of likely N-dealkylation sites (tertiary alicyclic amines) is 1. The molecule has 156 valence electrons. The monoisotopic (exact) mass is 430 g/mol. The zero-order chi connectivity index (χ0) is 20.6. The van der Waals surface area contributed by atoms with Crippen LogP contribution in [0.1, 0.15) is 19.8 Å². The Morgan fingerprint density at radius 2 is 2.18 bits per heavy atom. The first-order chi connectivity index (χ1) is 13.4. The van der Waals surface area contributed by atoms with E-state index in [1.165, 1.54) is 12.1 Å². The normalized spacial score (nSPS) is 18.0. The second kappa shape index (κ2) is 10.6. The molecule has 1 fully saturated rings. The average Bonchev–Trinajstić information content (AvgIpc) is 2.68. The third-order valence-corrected chi connectivity index (χ3v) is 6.05. The molecule has 0 spiro atoms. The lowest BCUT2D eigenvalue weighted by molar-refractivity contribution is -0.149. The molecule has 1 aliphatic heterocycles. The predicted molar refractivity (Wildman–Crippen MR) is 109 cm³/mol. The predicted octanol–water partition coefficient (Wildman–Crippen LogP) is 1.47. The molecule has 0 saturated carbocycles. The summed E-state index contributed by atoms with van der Waals surface area (Å²) >= 11 is 5.85. The molecule has 8 nitrogen and oxygen atoms in total. The summed E-state index contributed by atoms with van der Waals surface area (Å²) < 4.78 is 32.2. The van der Waals surface area contributed by atoms with Crippen molar-refractivity contribution in [3.05, 3.63) is 29.3 Å². The van der Waals surface area contributed by atoms with Crippen molar-refractivity contribution in [2.75, 3.05) is 39.8 Å². The maximum Gasteiger partial charge on any atom is 0.310 e. The fourth-order valence-corrected chi connectivity index (χ4v) is 4.36. The van der Waals surface area contributed by atoms with Gasteiger partial charge >= 0.3 is 5.97 Å². The maximum absolute atomic E-state index is 12.3. The zero-order valence-corrected chi connectivity index (χ0v) is 17.7. The van der Waals surface area contributed by atoms with E-state index in [-0.39, 0.29) is 23.3 Å². The summed E-state index contributed by atoms with van der Waals surface area (Å²) in [6.45, 7) is 4.02. The molecule has 1 atom stereocenters. The minimum atomic E-state index is -3.63. The Bertz CT molecular complexity index is 801. The lowest BCUT2D eigenvalue weighted by Crippen LogP contribution is -2.49. The molecule has 1 unspecified atom stereocenters. The first kappa shape index (κ1) is 22.4. The number of ether oxygens (including phenoxy) is 1. The summed E-state index contributed by atoms with van der Waals surface area (Å²) in [6, 6.07) is 6.10. The highest BCUT2D eigenvalue weighted by atomic mass is 35.5. The second-order valence-corrected chi connectivity index (χ2v) is 8.57. The van der Waals surface area contributed by atoms with E-state index in [0.29, 0.717) is 30.7 Å². The topological polar surface area (TPSA) is 100 Å². The average molecular weight is 431 g/mol. The van der Waals surface area contributed by atoms with E-state index in [4.69, 9.17) is 16.3 Å². The third-order valence-electron chi connectivity index (χ3n) is 4.36. The number of benzene rings is 1. The summed E-state index contributed by atoms with van der Waals surface area (Å²) in [4.78, 5) is 18.3. The van der Waals surface area contributed by atoms with Crippen LogP contribution in [0.15, 0.2) is 34.2 Å². The highest BCUT2D eigenvalue weighted by molar-refractivity contribution is 7.89. The fraction of sp³-hybridized carbons (Fsp3) is 0.556. The number of hydrogen-bond acceptors (Lipinski definition) is 5. The fourth-order valence-electron chi connectivity index (χ4n) is 3.03. The Morgan fingerprint density at radius 3 is 2.86 bits per heavy atom. The van der Waals surface area contributed by atoms with Crippen LogP contribution in [0.3, 0.4) is 0 Å². The van der Waals surface area contributed by atoms with Crippen molar-refractivity contribution in [2.45, 2.75) is 24.7 Å². The summed E-state index contributed by atoms with van der Waals surface area (Å²) in [7, 11) is -1.97. The van der Waals surface area contributed by atoms with Gasteiger partial charge in [-0.3, -0.25) is 9.79 Å². The van der Waals surface area contributed by atoms with Crippen LogP contribution in [-0.2, 0) is 19.6 Å². The highest BCUT2D eigenvalue weighted by Crippen LogP contribution is 2.18. The summed E-state index contributed by atoms with van der Waals surface area (Å²) in [6.07, 6.45) is 1.66. The number of hydrogen-bond donors (Lipinski definition) is 2. The molecule has 2 N–H and O–H groups in total. The van der Waals surface area contributed by atoms with Crippen LogP contribution >= 0.6 is 11.6 Å². The Kier molecular flexibility index (Phi) is 8.53. The summed E-state index contributed by atoms with van der Waals surface area (Å²) in [5.74, 6) is 0.279. The van der Waals surface area contributed by atoms with Crippen LogP contribution < -0.4 is 10.0 Å². The molecule has 1 aromatic rings. The number of piperidine rings is 1. The van der Waals surface area contributed by atoms with Gasteiger partial charge in [-0.15, -0.1) is 0 Å². The number of carbonyl (C=O) groups excluding carboxylic acids is 1. The van der Waals surface area contributed by atoms with Gasteiger partial charge in [0, 0.05) is 38.2 Å². The van der Waals surface area contributed by atoms with Gasteiger partial charge in [-0.25, -0.2) is 13.1 Å². The minimum absolute atomic E-state index is 0.123. The molecule has 0 aliphatic carbocycles. The molecule has 1 saturated heterocycles. The molecule has 2 rings (SSSR count). The van der Waals surface area contributed by atoms with Crippen molar-refractivity contribution in [2.24, 2.45) is 10.9 Å². The standard InChI is InChI=1S/C18H27ClN4O4S/c1-3-27-17(24)14-6-5-11-23(13-14)18(20-2)21-9-10-22-28(25,26)16-8-4-7-15(19)12-16/h4,7-8,12,14,22H,3,5-6,9-11,13H2,1-2H3,(H,20,21). The molecule has 0 radical (unpaired) electrons. The van der Waals surface area contributed by atoms with Gasteiger partial charge in [0.05, 0.1) is 17.4 Å². The van der Waals surface area contributed by atoms with Crippen LogP contribution in [0.5, 0.6) is 0 Å². The van der Waals surface area contributed by atoms with Crippen molar-refractivity contribution >= 4 is 33.6 Å². The first-order valence-electron chi connectivity index (χ1n) is 9.25. The lowest BCUT2D eigenvalue weighted by atomic mass is 9.98. The van der Waals surface area contributed by atoms with E-state index in [2.05, 4.69) is 15.0 Å². The van der Waals surface area contributed by atoms with Crippen molar-refractivity contribution in [1.82, 2.24) is 14.9 Å². The Morgan fingerprint density at radius 1 is 1.39 bits per heavy atom. The Balaban J connectivity index is 1.84. The molecule has 0 aromatic heterocycles. The molecule has 1 aromatic carbocycles. The van der Waals surface area contributed by atoms with Crippen LogP contribution in [0.4, 0.5) is 0 Å². The van der Waals surface area contributed by atoms with Crippen LogP contribution in [0.25, 0.3) is 0 Å². The van der Waals surface area contributed by atoms with Gasteiger partial charge in [0.15, 0.2) is 5.96 Å². The van der Waals surface area contributed by atoms with Gasteiger partial charge in [-0.1, -0.05) is 17.7 Å². The SMILES string of the molecule is CCOC(=O)C1CCCN(C(=NC)NCCNS(=O)(=O)c2cccc(Cl)c2)C1. The van der Waals surface area contributed by atoms with Gasteiger partial charge in [0.1, 0.15) is 0 Å². The second-order valence-electron chi connectivity index (χ2n) is 6.37. The van der Waals surface area contributed by atoms with Crippen LogP contribution in [-0.4, -0.2) is 65.1 Å². The van der Waals surface area contributed by atoms with E-state index >= 15 is 0 Å². The summed E-state index contributed by atoms with van der Waals surface area (Å²) in [5.41, 5.74) is 0. The molecular weight excluding hydrogens is 404 g/mol. The van der Waals surface area contributed by atoms with E-state index < -0.39 is 10.0 Å². The Hall–Kier alpha value is -1.84. The van der Waals surface area contributed by atoms with Gasteiger partial charge in [-0.05, 0) is 38.0 Å². The molecule has 0 bridgehead atoms. The van der Waals surface area contributed by atoms with Crippen LogP contribution in [0.2, 0.25) is 5.02 Å². The van der Waals surface area contributed by atoms with E-state index in [0.717, 1.165) is 19.4 Å². The quantitative estimate of drug-likeness (QED) is 0.294. The summed E-state index contributed by atoms with van der Waals surface area (Å²) in [5, 5.41) is 3.50. The van der Waals surface area contributed by atoms with Gasteiger partial charge in [0.2, 0.25) is 10.0 Å². The zero-order valence-electron chi connectivity index (χ0n) is 16.2. The first-order valence-corrected chi connectivity index (χ1v) is 11.1. The third kappa shape index (κ3) is 6.35. The number of rotatable bonds is 7. The van der Waals surface area contributed by atoms with Crippen molar-refractivity contribution in [3.63, 3.8) is 0 Å². The number of nitrogens with one attached hydrogen (secondary N) is 2. The number of aliphatic imine (C=N–C) groups is 1. The molecule has 0 amide bonds. The molecule has 10 heteroatoms. The largest absolute Gasteiger partial charge is 0.466 e. The van der Waals surface area contributed by atoms with Crippen molar-refractivity contribution in [3.8, 4) is 0 Å². The lowest BCUT2D eigenvalue weighted by Gasteiger charge is -2.33. The maximum atomic E-state index is 12.3. The van der Waals surface area contributed by atoms with Gasteiger partial charge in [-0.2, -0.15) is 0 Å². The number of esters is 1. The number of guanidine groups is 1. The molecule has 28 heavy (non-hydrogen) atoms. The molecular formula is C18H27ClN4O4S. The smallest absolute Gasteiger partial charge is 0.310 e. The van der Waals surface area contributed by atoms with Crippen LogP contribution in [0, 0.1) is 5.92 Å². The number of nitrogens with zero attached hydrogens (tertiary/aromatic N) is 2. The number of halogens is 1.